The number of benzene rings is 2. The van der Waals surface area contributed by atoms with Gasteiger partial charge >= 0.3 is 0 Å². The van der Waals surface area contributed by atoms with Gasteiger partial charge in [0.1, 0.15) is 11.5 Å². The number of hydrogen-bond donors (Lipinski definition) is 1. The topological polar surface area (TPSA) is 70.1 Å². The zero-order valence-corrected chi connectivity index (χ0v) is 17.2. The summed E-state index contributed by atoms with van der Waals surface area (Å²) >= 11 is 0. The number of aliphatic hydroxyl groups excluding tert-OH is 1. The van der Waals surface area contributed by atoms with Crippen molar-refractivity contribution in [2.75, 3.05) is 34.3 Å². The van der Waals surface area contributed by atoms with Crippen LogP contribution in [0.25, 0.3) is 5.76 Å². The second-order valence-corrected chi connectivity index (χ2v) is 7.44. The van der Waals surface area contributed by atoms with Gasteiger partial charge in [0.25, 0.3) is 11.7 Å². The van der Waals surface area contributed by atoms with Crippen molar-refractivity contribution in [3.05, 3.63) is 70.8 Å². The molecule has 2 aromatic rings. The van der Waals surface area contributed by atoms with Crippen molar-refractivity contribution in [1.29, 1.82) is 0 Å². The molecule has 1 N–H and O–H groups in total. The number of aryl methyl sites for hydroxylation is 1. The SMILES string of the molecule is COc1cccc(C(O)=C2C(=O)C(=O)N(CCN(C)C)[C@@H]2c2ccc(C)cc2)c1. The largest absolute Gasteiger partial charge is 0.507 e. The minimum atomic E-state index is -0.672. The Morgan fingerprint density at radius 1 is 1.14 bits per heavy atom. The molecule has 29 heavy (non-hydrogen) atoms. The van der Waals surface area contributed by atoms with Gasteiger partial charge in [0.05, 0.1) is 18.7 Å². The Labute approximate surface area is 171 Å². The average Bonchev–Trinajstić information content (AvgIpc) is 2.97. The number of carbonyl (C=O) groups excluding carboxylic acids is 2. The number of ether oxygens (including phenoxy) is 1. The third-order valence-corrected chi connectivity index (χ3v) is 5.06. The van der Waals surface area contributed by atoms with Gasteiger partial charge in [-0.25, -0.2) is 0 Å². The van der Waals surface area contributed by atoms with E-state index in [4.69, 9.17) is 4.74 Å². The molecule has 0 radical (unpaired) electrons. The van der Waals surface area contributed by atoms with Gasteiger partial charge in [0, 0.05) is 18.7 Å². The highest BCUT2D eigenvalue weighted by molar-refractivity contribution is 6.46. The van der Waals surface area contributed by atoms with E-state index in [2.05, 4.69) is 0 Å². The van der Waals surface area contributed by atoms with Crippen molar-refractivity contribution in [2.24, 2.45) is 0 Å². The molecule has 0 aromatic heterocycles. The van der Waals surface area contributed by atoms with Crippen LogP contribution in [0, 0.1) is 6.92 Å². The lowest BCUT2D eigenvalue weighted by molar-refractivity contribution is -0.140. The summed E-state index contributed by atoms with van der Waals surface area (Å²) in [6, 6.07) is 13.9. The number of ketones is 1. The normalized spacial score (nSPS) is 18.5. The van der Waals surface area contributed by atoms with Gasteiger partial charge in [0.15, 0.2) is 0 Å². The number of aliphatic hydroxyl groups is 1. The molecule has 0 saturated carbocycles. The fraction of sp³-hybridized carbons (Fsp3) is 0.304. The molecule has 1 saturated heterocycles. The zero-order valence-electron chi connectivity index (χ0n) is 17.2. The molecule has 6 nitrogen and oxygen atoms in total. The van der Waals surface area contributed by atoms with Crippen LogP contribution in [0.15, 0.2) is 54.1 Å². The molecule has 1 fully saturated rings. The van der Waals surface area contributed by atoms with E-state index in [0.717, 1.165) is 11.1 Å². The summed E-state index contributed by atoms with van der Waals surface area (Å²) in [6.45, 7) is 2.96. The van der Waals surface area contributed by atoms with E-state index < -0.39 is 17.7 Å². The highest BCUT2D eigenvalue weighted by Gasteiger charge is 2.45. The minimum Gasteiger partial charge on any atom is -0.507 e. The fourth-order valence-electron chi connectivity index (χ4n) is 3.44. The summed E-state index contributed by atoms with van der Waals surface area (Å²) in [7, 11) is 5.35. The predicted octanol–water partition coefficient (Wildman–Crippen LogP) is 2.99. The van der Waals surface area contributed by atoms with Crippen molar-refractivity contribution in [3.8, 4) is 5.75 Å². The summed E-state index contributed by atoms with van der Waals surface area (Å²) in [5.41, 5.74) is 2.41. The van der Waals surface area contributed by atoms with Gasteiger partial charge in [-0.05, 0) is 38.7 Å². The average molecular weight is 394 g/mol. The third-order valence-electron chi connectivity index (χ3n) is 5.06. The molecule has 3 rings (SSSR count). The monoisotopic (exact) mass is 394 g/mol. The molecule has 1 aliphatic heterocycles. The van der Waals surface area contributed by atoms with Crippen molar-refractivity contribution in [2.45, 2.75) is 13.0 Å². The lowest BCUT2D eigenvalue weighted by Gasteiger charge is -2.26. The van der Waals surface area contributed by atoms with E-state index in [1.807, 2.05) is 50.2 Å². The molecule has 152 valence electrons. The third kappa shape index (κ3) is 4.17. The smallest absolute Gasteiger partial charge is 0.295 e. The molecule has 1 amide bonds. The molecule has 0 unspecified atom stereocenters. The number of Topliss-reactive ketones (excluding diaryl/α,β-unsaturated/α-hetero) is 1. The number of likely N-dealkylation sites (N-methyl/N-ethyl adjacent to an activating group) is 1. The highest BCUT2D eigenvalue weighted by atomic mass is 16.5. The molecule has 1 heterocycles. The Morgan fingerprint density at radius 3 is 2.45 bits per heavy atom. The molecule has 2 aromatic carbocycles. The number of carbonyl (C=O) groups is 2. The van der Waals surface area contributed by atoms with Gasteiger partial charge in [-0.1, -0.05) is 42.0 Å². The number of rotatable bonds is 6. The number of likely N-dealkylation sites (tertiary alicyclic amines) is 1. The van der Waals surface area contributed by atoms with Crippen LogP contribution in [0.2, 0.25) is 0 Å². The summed E-state index contributed by atoms with van der Waals surface area (Å²) in [5, 5.41) is 11.0. The summed E-state index contributed by atoms with van der Waals surface area (Å²) in [4.78, 5) is 29.2. The van der Waals surface area contributed by atoms with E-state index >= 15 is 0 Å². The van der Waals surface area contributed by atoms with Crippen LogP contribution in [0.3, 0.4) is 0 Å². The summed E-state index contributed by atoms with van der Waals surface area (Å²) in [5.74, 6) is -0.903. The number of nitrogens with zero attached hydrogens (tertiary/aromatic N) is 2. The quantitative estimate of drug-likeness (QED) is 0.463. The molecule has 6 heteroatoms. The van der Waals surface area contributed by atoms with Crippen molar-refractivity contribution < 1.29 is 19.4 Å². The van der Waals surface area contributed by atoms with Gasteiger partial charge in [-0.2, -0.15) is 0 Å². The number of methoxy groups -OCH3 is 1. The zero-order chi connectivity index (χ0) is 21.1. The fourth-order valence-corrected chi connectivity index (χ4v) is 3.44. The highest BCUT2D eigenvalue weighted by Crippen LogP contribution is 2.39. The maximum Gasteiger partial charge on any atom is 0.295 e. The van der Waals surface area contributed by atoms with Crippen LogP contribution in [0.5, 0.6) is 5.75 Å². The van der Waals surface area contributed by atoms with E-state index in [-0.39, 0.29) is 11.3 Å². The molecule has 0 aliphatic carbocycles. The molecule has 1 aliphatic rings. The van der Waals surface area contributed by atoms with Crippen LogP contribution in [-0.4, -0.2) is 60.9 Å². The standard InChI is InChI=1S/C23H26N2O4/c1-15-8-10-16(11-9-15)20-19(21(26)17-6-5-7-18(14-17)29-4)22(27)23(28)25(20)13-12-24(2)3/h5-11,14,20,26H,12-13H2,1-4H3/t20-/m1/s1. The van der Waals surface area contributed by atoms with Crippen molar-refractivity contribution in [1.82, 2.24) is 9.80 Å². The van der Waals surface area contributed by atoms with E-state index in [1.54, 1.807) is 29.2 Å². The van der Waals surface area contributed by atoms with Crippen LogP contribution >= 0.6 is 0 Å². The first kappa shape index (κ1) is 20.6. The first-order valence-electron chi connectivity index (χ1n) is 9.47. The first-order valence-corrected chi connectivity index (χ1v) is 9.47. The van der Waals surface area contributed by atoms with Crippen molar-refractivity contribution >= 4 is 17.4 Å². The second kappa shape index (κ2) is 8.49. The molecule has 0 bridgehead atoms. The lowest BCUT2D eigenvalue weighted by atomic mass is 9.94. The maximum absolute atomic E-state index is 12.9. The molecular weight excluding hydrogens is 368 g/mol. The van der Waals surface area contributed by atoms with E-state index in [0.29, 0.717) is 24.4 Å². The Hall–Kier alpha value is -3.12. The Kier molecular flexibility index (Phi) is 6.03. The summed E-state index contributed by atoms with van der Waals surface area (Å²) in [6.07, 6.45) is 0. The van der Waals surface area contributed by atoms with Gasteiger partial charge < -0.3 is 19.6 Å². The Morgan fingerprint density at radius 2 is 1.83 bits per heavy atom. The minimum absolute atomic E-state index is 0.103. The lowest BCUT2D eigenvalue weighted by Crippen LogP contribution is -2.35. The van der Waals surface area contributed by atoms with Crippen LogP contribution in [0.4, 0.5) is 0 Å². The van der Waals surface area contributed by atoms with E-state index in [1.165, 1.54) is 7.11 Å². The summed E-state index contributed by atoms with van der Waals surface area (Å²) < 4.78 is 5.22. The number of amides is 1. The van der Waals surface area contributed by atoms with Gasteiger partial charge in [-0.3, -0.25) is 9.59 Å². The van der Waals surface area contributed by atoms with Gasteiger partial charge in [-0.15, -0.1) is 0 Å². The first-order chi connectivity index (χ1) is 13.8. The van der Waals surface area contributed by atoms with Crippen LogP contribution in [0.1, 0.15) is 22.7 Å². The Bertz CT molecular complexity index is 948. The number of hydrogen-bond acceptors (Lipinski definition) is 5. The van der Waals surface area contributed by atoms with Crippen molar-refractivity contribution in [3.63, 3.8) is 0 Å². The second-order valence-electron chi connectivity index (χ2n) is 7.44. The molecule has 1 atom stereocenters. The van der Waals surface area contributed by atoms with Crippen LogP contribution in [-0.2, 0) is 9.59 Å². The molecular formula is C23H26N2O4. The Balaban J connectivity index is 2.14. The van der Waals surface area contributed by atoms with E-state index in [9.17, 15) is 14.7 Å². The molecule has 0 spiro atoms. The predicted molar refractivity (Wildman–Crippen MR) is 112 cm³/mol. The van der Waals surface area contributed by atoms with Gasteiger partial charge in [0.2, 0.25) is 0 Å². The van der Waals surface area contributed by atoms with Crippen LogP contribution < -0.4 is 4.74 Å². The maximum atomic E-state index is 12.9.